The number of benzene rings is 2. The molecule has 0 saturated carbocycles. The molecular weight excluding hydrogens is 350 g/mol. The van der Waals surface area contributed by atoms with Gasteiger partial charge in [0.05, 0.1) is 4.92 Å². The van der Waals surface area contributed by atoms with E-state index in [-0.39, 0.29) is 5.69 Å². The second-order valence-corrected chi connectivity index (χ2v) is 6.15. The lowest BCUT2D eigenvalue weighted by Crippen LogP contribution is -1.90. The largest absolute Gasteiger partial charge is 0.269 e. The van der Waals surface area contributed by atoms with Crippen molar-refractivity contribution in [1.29, 1.82) is 0 Å². The van der Waals surface area contributed by atoms with Crippen LogP contribution in [0.2, 0.25) is 5.02 Å². The number of rotatable bonds is 4. The number of thioether (sulfide) groups is 1. The average molecular weight is 359 g/mol. The predicted octanol–water partition coefficient (Wildman–Crippen LogP) is 5.30. The van der Waals surface area contributed by atoms with Crippen molar-refractivity contribution in [2.24, 2.45) is 0 Å². The zero-order valence-corrected chi connectivity index (χ0v) is 12.8. The van der Waals surface area contributed by atoms with E-state index in [1.54, 1.807) is 17.8 Å². The van der Waals surface area contributed by atoms with E-state index in [2.05, 4.69) is 15.9 Å². The molecule has 98 valence electrons. The molecule has 2 aromatic carbocycles. The highest BCUT2D eigenvalue weighted by Gasteiger charge is 2.09. The third-order valence-electron chi connectivity index (χ3n) is 2.45. The fourth-order valence-corrected chi connectivity index (χ4v) is 2.89. The highest BCUT2D eigenvalue weighted by molar-refractivity contribution is 9.10. The van der Waals surface area contributed by atoms with E-state index < -0.39 is 4.92 Å². The Bertz CT molecular complexity index is 604. The number of nitro benzene ring substituents is 1. The molecule has 0 saturated heterocycles. The molecule has 2 aromatic rings. The van der Waals surface area contributed by atoms with Crippen molar-refractivity contribution in [3.05, 3.63) is 67.6 Å². The van der Waals surface area contributed by atoms with Crippen molar-refractivity contribution in [2.75, 3.05) is 0 Å². The molecule has 0 heterocycles. The Morgan fingerprint density at radius 1 is 1.21 bits per heavy atom. The monoisotopic (exact) mass is 357 g/mol. The summed E-state index contributed by atoms with van der Waals surface area (Å²) in [6, 6.07) is 12.4. The van der Waals surface area contributed by atoms with Crippen LogP contribution >= 0.6 is 39.3 Å². The third-order valence-corrected chi connectivity index (χ3v) is 4.41. The summed E-state index contributed by atoms with van der Waals surface area (Å²) in [6.07, 6.45) is 0. The van der Waals surface area contributed by atoms with Gasteiger partial charge in [-0.15, -0.1) is 11.8 Å². The van der Waals surface area contributed by atoms with E-state index in [0.717, 1.165) is 14.9 Å². The Kier molecular flexibility index (Phi) is 4.85. The van der Waals surface area contributed by atoms with Crippen LogP contribution in [0.4, 0.5) is 5.69 Å². The molecule has 0 spiro atoms. The van der Waals surface area contributed by atoms with Crippen molar-refractivity contribution >= 4 is 45.0 Å². The Morgan fingerprint density at radius 3 is 2.53 bits per heavy atom. The lowest BCUT2D eigenvalue weighted by Gasteiger charge is -2.04. The minimum absolute atomic E-state index is 0.0656. The Hall–Kier alpha value is -1.04. The van der Waals surface area contributed by atoms with Gasteiger partial charge in [0, 0.05) is 32.3 Å². The normalized spacial score (nSPS) is 10.4. The zero-order chi connectivity index (χ0) is 13.8. The molecule has 19 heavy (non-hydrogen) atoms. The van der Waals surface area contributed by atoms with Gasteiger partial charge in [0.2, 0.25) is 0 Å². The average Bonchev–Trinajstić information content (AvgIpc) is 2.39. The highest BCUT2D eigenvalue weighted by atomic mass is 79.9. The maximum atomic E-state index is 10.7. The molecule has 0 amide bonds. The van der Waals surface area contributed by atoms with Crippen LogP contribution in [-0.4, -0.2) is 4.92 Å². The van der Waals surface area contributed by atoms with Gasteiger partial charge in [0.1, 0.15) is 0 Å². The van der Waals surface area contributed by atoms with E-state index >= 15 is 0 Å². The highest BCUT2D eigenvalue weighted by Crippen LogP contribution is 2.29. The van der Waals surface area contributed by atoms with E-state index in [0.29, 0.717) is 10.8 Å². The number of non-ortho nitro benzene ring substituents is 1. The van der Waals surface area contributed by atoms with Gasteiger partial charge in [-0.25, -0.2) is 0 Å². The first-order valence-corrected chi connectivity index (χ1v) is 7.53. The van der Waals surface area contributed by atoms with Crippen LogP contribution in [0, 0.1) is 10.1 Å². The first kappa shape index (κ1) is 14.4. The van der Waals surface area contributed by atoms with E-state index in [4.69, 9.17) is 11.6 Å². The molecule has 0 radical (unpaired) electrons. The molecule has 0 aliphatic rings. The topological polar surface area (TPSA) is 43.1 Å². The van der Waals surface area contributed by atoms with Crippen LogP contribution in [0.1, 0.15) is 5.56 Å². The summed E-state index contributed by atoms with van der Waals surface area (Å²) >= 11 is 11.0. The Balaban J connectivity index is 2.12. The molecule has 0 aromatic heterocycles. The van der Waals surface area contributed by atoms with Crippen molar-refractivity contribution in [3.8, 4) is 0 Å². The summed E-state index contributed by atoms with van der Waals surface area (Å²) in [4.78, 5) is 11.4. The summed E-state index contributed by atoms with van der Waals surface area (Å²) in [6.45, 7) is 0. The van der Waals surface area contributed by atoms with Crippen molar-refractivity contribution < 1.29 is 4.92 Å². The predicted molar refractivity (Wildman–Crippen MR) is 81.8 cm³/mol. The molecule has 2 rings (SSSR count). The third kappa shape index (κ3) is 3.96. The van der Waals surface area contributed by atoms with E-state index in [1.165, 1.54) is 12.1 Å². The second kappa shape index (κ2) is 6.41. The van der Waals surface area contributed by atoms with Gasteiger partial charge < -0.3 is 0 Å². The van der Waals surface area contributed by atoms with Crippen LogP contribution in [-0.2, 0) is 5.75 Å². The van der Waals surface area contributed by atoms with Crippen molar-refractivity contribution in [2.45, 2.75) is 10.6 Å². The fourth-order valence-electron chi connectivity index (χ4n) is 1.48. The first-order valence-electron chi connectivity index (χ1n) is 5.37. The Labute approximate surface area is 128 Å². The van der Waals surface area contributed by atoms with Crippen LogP contribution in [0.15, 0.2) is 51.8 Å². The number of nitro groups is 1. The molecule has 0 aliphatic heterocycles. The van der Waals surface area contributed by atoms with Gasteiger partial charge in [-0.2, -0.15) is 0 Å². The van der Waals surface area contributed by atoms with Gasteiger partial charge in [0.25, 0.3) is 5.69 Å². The van der Waals surface area contributed by atoms with Crippen LogP contribution < -0.4 is 0 Å². The molecule has 0 unspecified atom stereocenters. The lowest BCUT2D eigenvalue weighted by molar-refractivity contribution is -0.384. The molecular formula is C13H9BrClNO2S. The first-order chi connectivity index (χ1) is 9.06. The summed E-state index contributed by atoms with van der Waals surface area (Å²) < 4.78 is 1.02. The summed E-state index contributed by atoms with van der Waals surface area (Å²) in [5.74, 6) is 0.599. The molecule has 0 N–H and O–H groups in total. The van der Waals surface area contributed by atoms with Gasteiger partial charge in [-0.05, 0) is 35.9 Å². The maximum absolute atomic E-state index is 10.7. The summed E-state index contributed by atoms with van der Waals surface area (Å²) in [5, 5.41) is 11.3. The van der Waals surface area contributed by atoms with Crippen molar-refractivity contribution in [3.63, 3.8) is 0 Å². The fraction of sp³-hybridized carbons (Fsp3) is 0.0769. The number of nitrogens with zero attached hydrogens (tertiary/aromatic N) is 1. The maximum Gasteiger partial charge on any atom is 0.269 e. The van der Waals surface area contributed by atoms with Gasteiger partial charge in [-0.3, -0.25) is 10.1 Å². The number of hydrogen-bond donors (Lipinski definition) is 0. The van der Waals surface area contributed by atoms with Gasteiger partial charge in [-0.1, -0.05) is 27.5 Å². The van der Waals surface area contributed by atoms with Crippen LogP contribution in [0.5, 0.6) is 0 Å². The molecule has 3 nitrogen and oxygen atoms in total. The molecule has 0 atom stereocenters. The zero-order valence-electron chi connectivity index (χ0n) is 9.68. The number of hydrogen-bond acceptors (Lipinski definition) is 3. The number of halogens is 2. The quantitative estimate of drug-likeness (QED) is 0.423. The van der Waals surface area contributed by atoms with Crippen LogP contribution in [0.25, 0.3) is 0 Å². The molecule has 0 aliphatic carbocycles. The minimum atomic E-state index is -0.413. The summed E-state index contributed by atoms with van der Waals surface area (Å²) in [7, 11) is 0. The van der Waals surface area contributed by atoms with E-state index in [9.17, 15) is 10.1 Å². The lowest BCUT2D eigenvalue weighted by atomic mass is 10.2. The second-order valence-electron chi connectivity index (χ2n) is 3.78. The summed E-state index contributed by atoms with van der Waals surface area (Å²) in [5.41, 5.74) is 0.833. The Morgan fingerprint density at radius 2 is 1.89 bits per heavy atom. The van der Waals surface area contributed by atoms with Crippen molar-refractivity contribution in [1.82, 2.24) is 0 Å². The standard InChI is InChI=1S/C13H9BrClNO2S/c14-10-1-4-12(5-2-10)19-8-9-7-11(16(17)18)3-6-13(9)15/h1-7H,8H2. The molecule has 0 fully saturated rings. The molecule has 0 bridgehead atoms. The van der Waals surface area contributed by atoms with E-state index in [1.807, 2.05) is 24.3 Å². The smallest absolute Gasteiger partial charge is 0.258 e. The minimum Gasteiger partial charge on any atom is -0.258 e. The van der Waals surface area contributed by atoms with Crippen LogP contribution in [0.3, 0.4) is 0 Å². The molecule has 6 heteroatoms. The van der Waals surface area contributed by atoms with Gasteiger partial charge >= 0.3 is 0 Å². The van der Waals surface area contributed by atoms with Gasteiger partial charge in [0.15, 0.2) is 0 Å². The SMILES string of the molecule is O=[N+]([O-])c1ccc(Cl)c(CSc2ccc(Br)cc2)c1.